The summed E-state index contributed by atoms with van der Waals surface area (Å²) in [5.41, 5.74) is 2.05. The summed E-state index contributed by atoms with van der Waals surface area (Å²) < 4.78 is 16.2. The number of amides is 2. The summed E-state index contributed by atoms with van der Waals surface area (Å²) >= 11 is 0. The van der Waals surface area contributed by atoms with E-state index < -0.39 is 6.10 Å². The zero-order valence-electron chi connectivity index (χ0n) is 17.6. The molecular formula is C23H28N2O5. The summed E-state index contributed by atoms with van der Waals surface area (Å²) in [6.45, 7) is 3.55. The molecule has 0 aromatic heterocycles. The van der Waals surface area contributed by atoms with Gasteiger partial charge in [-0.2, -0.15) is 0 Å². The average molecular weight is 412 g/mol. The highest BCUT2D eigenvalue weighted by Crippen LogP contribution is 2.29. The van der Waals surface area contributed by atoms with E-state index in [1.807, 2.05) is 19.1 Å². The summed E-state index contributed by atoms with van der Waals surface area (Å²) in [4.78, 5) is 27.2. The van der Waals surface area contributed by atoms with E-state index >= 15 is 0 Å². The van der Waals surface area contributed by atoms with Crippen molar-refractivity contribution in [2.45, 2.75) is 32.4 Å². The molecule has 0 fully saturated rings. The maximum Gasteiger partial charge on any atom is 0.263 e. The van der Waals surface area contributed by atoms with Gasteiger partial charge in [-0.1, -0.05) is 6.92 Å². The fourth-order valence-corrected chi connectivity index (χ4v) is 3.38. The SMILES string of the molecule is CCC1Oc2ccc(NC(=O)c3ccc(OC)cc3)cc2CN(CCCOC)C1=O. The maximum atomic E-state index is 12.8. The fraction of sp³-hybridized carbons (Fsp3) is 0.391. The van der Waals surface area contributed by atoms with Gasteiger partial charge < -0.3 is 24.4 Å². The molecule has 1 N–H and O–H groups in total. The highest BCUT2D eigenvalue weighted by molar-refractivity contribution is 6.04. The summed E-state index contributed by atoms with van der Waals surface area (Å²) in [6.07, 6.45) is 0.838. The van der Waals surface area contributed by atoms with Crippen molar-refractivity contribution in [1.82, 2.24) is 4.90 Å². The summed E-state index contributed by atoms with van der Waals surface area (Å²) in [6, 6.07) is 12.4. The van der Waals surface area contributed by atoms with Gasteiger partial charge in [-0.05, 0) is 55.3 Å². The highest BCUT2D eigenvalue weighted by atomic mass is 16.5. The summed E-state index contributed by atoms with van der Waals surface area (Å²) in [5, 5.41) is 2.91. The van der Waals surface area contributed by atoms with Gasteiger partial charge in [0.25, 0.3) is 11.8 Å². The quantitative estimate of drug-likeness (QED) is 0.672. The Morgan fingerprint density at radius 2 is 1.97 bits per heavy atom. The number of carbonyl (C=O) groups is 2. The number of hydrogen-bond donors (Lipinski definition) is 1. The first kappa shape index (κ1) is 21.6. The third-order valence-electron chi connectivity index (χ3n) is 5.04. The van der Waals surface area contributed by atoms with Crippen molar-refractivity contribution in [2.24, 2.45) is 0 Å². The Bertz CT molecular complexity index is 882. The second-order valence-electron chi connectivity index (χ2n) is 7.13. The summed E-state index contributed by atoms with van der Waals surface area (Å²) in [7, 11) is 3.23. The van der Waals surface area contributed by atoms with Gasteiger partial charge in [0, 0.05) is 43.6 Å². The third kappa shape index (κ3) is 5.10. The number of anilines is 1. The third-order valence-corrected chi connectivity index (χ3v) is 5.04. The fourth-order valence-electron chi connectivity index (χ4n) is 3.38. The molecule has 2 aromatic carbocycles. The van der Waals surface area contributed by atoms with Crippen LogP contribution in [-0.2, 0) is 16.1 Å². The van der Waals surface area contributed by atoms with Gasteiger partial charge in [-0.25, -0.2) is 0 Å². The Labute approximate surface area is 176 Å². The molecule has 3 rings (SSSR count). The second-order valence-corrected chi connectivity index (χ2v) is 7.13. The number of nitrogens with zero attached hydrogens (tertiary/aromatic N) is 1. The minimum Gasteiger partial charge on any atom is -0.497 e. The molecule has 0 saturated carbocycles. The van der Waals surface area contributed by atoms with E-state index in [4.69, 9.17) is 14.2 Å². The van der Waals surface area contributed by atoms with Gasteiger partial charge in [0.2, 0.25) is 0 Å². The lowest BCUT2D eigenvalue weighted by molar-refractivity contribution is -0.138. The first-order valence-electron chi connectivity index (χ1n) is 10.1. The first-order chi connectivity index (χ1) is 14.5. The molecule has 0 spiro atoms. The zero-order chi connectivity index (χ0) is 21.5. The van der Waals surface area contributed by atoms with Crippen LogP contribution in [0.5, 0.6) is 11.5 Å². The smallest absolute Gasteiger partial charge is 0.263 e. The molecule has 1 aliphatic heterocycles. The van der Waals surface area contributed by atoms with Crippen LogP contribution in [0.1, 0.15) is 35.7 Å². The van der Waals surface area contributed by atoms with Crippen molar-refractivity contribution in [3.05, 3.63) is 53.6 Å². The van der Waals surface area contributed by atoms with Crippen LogP contribution in [0, 0.1) is 0 Å². The molecule has 0 bridgehead atoms. The van der Waals surface area contributed by atoms with E-state index in [1.54, 1.807) is 49.5 Å². The van der Waals surface area contributed by atoms with Crippen LogP contribution in [0.4, 0.5) is 5.69 Å². The normalized spacial score (nSPS) is 15.8. The van der Waals surface area contributed by atoms with Crippen LogP contribution in [0.25, 0.3) is 0 Å². The molecule has 0 aliphatic carbocycles. The lowest BCUT2D eigenvalue weighted by Gasteiger charge is -2.23. The zero-order valence-corrected chi connectivity index (χ0v) is 17.6. The van der Waals surface area contributed by atoms with Crippen LogP contribution >= 0.6 is 0 Å². The number of ether oxygens (including phenoxy) is 3. The molecule has 7 heteroatoms. The molecule has 2 amide bonds. The monoisotopic (exact) mass is 412 g/mol. The van der Waals surface area contributed by atoms with Crippen molar-refractivity contribution in [3.63, 3.8) is 0 Å². The number of hydrogen-bond acceptors (Lipinski definition) is 5. The Morgan fingerprint density at radius 3 is 2.63 bits per heavy atom. The molecule has 1 atom stereocenters. The van der Waals surface area contributed by atoms with Crippen LogP contribution in [0.3, 0.4) is 0 Å². The number of carbonyl (C=O) groups excluding carboxylic acids is 2. The van der Waals surface area contributed by atoms with E-state index in [1.165, 1.54) is 0 Å². The maximum absolute atomic E-state index is 12.8. The Morgan fingerprint density at radius 1 is 1.20 bits per heavy atom. The Balaban J connectivity index is 1.78. The molecule has 2 aromatic rings. The first-order valence-corrected chi connectivity index (χ1v) is 10.1. The van der Waals surface area contributed by atoms with E-state index in [2.05, 4.69) is 5.32 Å². The number of nitrogens with one attached hydrogen (secondary N) is 1. The van der Waals surface area contributed by atoms with Crippen molar-refractivity contribution < 1.29 is 23.8 Å². The molecule has 7 nitrogen and oxygen atoms in total. The van der Waals surface area contributed by atoms with Crippen LogP contribution in [0.15, 0.2) is 42.5 Å². The van der Waals surface area contributed by atoms with Crippen LogP contribution in [-0.4, -0.2) is 50.2 Å². The molecular weight excluding hydrogens is 384 g/mol. The second kappa shape index (κ2) is 10.1. The topological polar surface area (TPSA) is 77.1 Å². The van der Waals surface area contributed by atoms with Crippen molar-refractivity contribution >= 4 is 17.5 Å². The van der Waals surface area contributed by atoms with Gasteiger partial charge in [0.05, 0.1) is 7.11 Å². The highest BCUT2D eigenvalue weighted by Gasteiger charge is 2.29. The van der Waals surface area contributed by atoms with Gasteiger partial charge in [-0.15, -0.1) is 0 Å². The van der Waals surface area contributed by atoms with Crippen molar-refractivity contribution in [2.75, 3.05) is 32.7 Å². The van der Waals surface area contributed by atoms with Crippen molar-refractivity contribution in [3.8, 4) is 11.5 Å². The minimum absolute atomic E-state index is 0.0198. The molecule has 160 valence electrons. The Kier molecular flexibility index (Phi) is 7.30. The molecule has 0 saturated heterocycles. The predicted octanol–water partition coefficient (Wildman–Crippen LogP) is 3.48. The summed E-state index contributed by atoms with van der Waals surface area (Å²) in [5.74, 6) is 1.13. The molecule has 30 heavy (non-hydrogen) atoms. The van der Waals surface area contributed by atoms with Gasteiger partial charge in [-0.3, -0.25) is 9.59 Å². The van der Waals surface area contributed by atoms with E-state index in [0.29, 0.717) is 48.9 Å². The van der Waals surface area contributed by atoms with Crippen molar-refractivity contribution in [1.29, 1.82) is 0 Å². The minimum atomic E-state index is -0.506. The molecule has 1 unspecified atom stereocenters. The van der Waals surface area contributed by atoms with E-state index in [-0.39, 0.29) is 11.8 Å². The standard InChI is InChI=1S/C23H28N2O5/c1-4-20-23(27)25(12-5-13-28-2)15-17-14-18(8-11-21(17)30-20)24-22(26)16-6-9-19(29-3)10-7-16/h6-11,14,20H,4-5,12-13,15H2,1-3H3,(H,24,26). The molecule has 0 radical (unpaired) electrons. The number of methoxy groups -OCH3 is 2. The van der Waals surface area contributed by atoms with Gasteiger partial charge in [0.15, 0.2) is 6.10 Å². The predicted molar refractivity (Wildman–Crippen MR) is 114 cm³/mol. The number of benzene rings is 2. The molecule has 1 heterocycles. The van der Waals surface area contributed by atoms with E-state index in [9.17, 15) is 9.59 Å². The number of rotatable bonds is 8. The number of fused-ring (bicyclic) bond motifs is 1. The van der Waals surface area contributed by atoms with Gasteiger partial charge in [0.1, 0.15) is 11.5 Å². The van der Waals surface area contributed by atoms with Crippen LogP contribution < -0.4 is 14.8 Å². The lowest BCUT2D eigenvalue weighted by Crippen LogP contribution is -2.40. The average Bonchev–Trinajstić information content (AvgIpc) is 2.90. The largest absolute Gasteiger partial charge is 0.497 e. The Hall–Kier alpha value is -3.06. The molecule has 1 aliphatic rings. The van der Waals surface area contributed by atoms with E-state index in [0.717, 1.165) is 12.0 Å². The lowest BCUT2D eigenvalue weighted by atomic mass is 10.1. The van der Waals surface area contributed by atoms with Gasteiger partial charge >= 0.3 is 0 Å². The van der Waals surface area contributed by atoms with Crippen LogP contribution in [0.2, 0.25) is 0 Å².